The van der Waals surface area contributed by atoms with E-state index >= 15 is 0 Å². The third-order valence-corrected chi connectivity index (χ3v) is 9.84. The first kappa shape index (κ1) is 29.8. The van der Waals surface area contributed by atoms with Gasteiger partial charge in [0.25, 0.3) is 0 Å². The third-order valence-electron chi connectivity index (χ3n) is 9.84. The van der Waals surface area contributed by atoms with Crippen molar-refractivity contribution in [3.8, 4) is 11.1 Å². The second kappa shape index (κ2) is 12.4. The van der Waals surface area contributed by atoms with Crippen LogP contribution in [-0.4, -0.2) is 0 Å². The van der Waals surface area contributed by atoms with Gasteiger partial charge in [-0.25, -0.2) is 0 Å². The molecule has 4 nitrogen and oxygen atoms in total. The number of hydrogen-bond acceptors (Lipinski definition) is 4. The van der Waals surface area contributed by atoms with Crippen LogP contribution in [0, 0.1) is 0 Å². The van der Waals surface area contributed by atoms with E-state index in [1.807, 2.05) is 30.3 Å². The molecule has 0 radical (unpaired) electrons. The van der Waals surface area contributed by atoms with Gasteiger partial charge in [-0.3, -0.25) is 0 Å². The first-order valence-electron chi connectivity index (χ1n) is 17.5. The minimum Gasteiger partial charge on any atom is -0.456 e. The van der Waals surface area contributed by atoms with E-state index in [0.29, 0.717) is 0 Å². The molecule has 2 aromatic heterocycles. The van der Waals surface area contributed by atoms with Crippen molar-refractivity contribution >= 4 is 78.0 Å². The van der Waals surface area contributed by atoms with Crippen molar-refractivity contribution in [3.05, 3.63) is 194 Å². The fourth-order valence-electron chi connectivity index (χ4n) is 7.37. The van der Waals surface area contributed by atoms with Gasteiger partial charge in [0, 0.05) is 73.9 Å². The molecule has 10 aromatic rings. The summed E-state index contributed by atoms with van der Waals surface area (Å²) in [5, 5.41) is 4.37. The number of hydrogen-bond donors (Lipinski definition) is 0. The zero-order valence-corrected chi connectivity index (χ0v) is 28.2. The molecule has 0 spiro atoms. The second-order valence-electron chi connectivity index (χ2n) is 13.0. The number of furan rings is 2. The lowest BCUT2D eigenvalue weighted by Crippen LogP contribution is -2.09. The van der Waals surface area contributed by atoms with E-state index in [9.17, 15) is 0 Å². The predicted molar refractivity (Wildman–Crippen MR) is 216 cm³/mol. The molecule has 0 unspecified atom stereocenters. The number of anilines is 6. The van der Waals surface area contributed by atoms with Crippen LogP contribution in [0.25, 0.3) is 55.0 Å². The van der Waals surface area contributed by atoms with Crippen molar-refractivity contribution in [2.24, 2.45) is 0 Å². The number of rotatable bonds is 7. The molecule has 10 rings (SSSR count). The molecule has 0 saturated heterocycles. The van der Waals surface area contributed by atoms with E-state index in [0.717, 1.165) is 78.0 Å². The first-order valence-corrected chi connectivity index (χ1v) is 17.5. The maximum atomic E-state index is 6.69. The molecular formula is C48H32N2O2. The average molecular weight is 669 g/mol. The lowest BCUT2D eigenvalue weighted by molar-refractivity contribution is 0.669. The van der Waals surface area contributed by atoms with Crippen molar-refractivity contribution in [2.45, 2.75) is 0 Å². The van der Waals surface area contributed by atoms with Crippen molar-refractivity contribution in [1.29, 1.82) is 0 Å². The van der Waals surface area contributed by atoms with Gasteiger partial charge in [-0.1, -0.05) is 97.1 Å². The van der Waals surface area contributed by atoms with E-state index in [1.54, 1.807) is 0 Å². The lowest BCUT2D eigenvalue weighted by Gasteiger charge is -2.25. The summed E-state index contributed by atoms with van der Waals surface area (Å²) in [5.74, 6) is 0. The molecule has 4 heteroatoms. The van der Waals surface area contributed by atoms with Crippen LogP contribution in [0.5, 0.6) is 0 Å². The molecule has 2 heterocycles. The summed E-state index contributed by atoms with van der Waals surface area (Å²) in [4.78, 5) is 4.53. The lowest BCUT2D eigenvalue weighted by atomic mass is 10.0. The maximum Gasteiger partial charge on any atom is 0.137 e. The molecule has 0 N–H and O–H groups in total. The molecule has 246 valence electrons. The van der Waals surface area contributed by atoms with Crippen LogP contribution in [0.2, 0.25) is 0 Å². The molecule has 8 aromatic carbocycles. The van der Waals surface area contributed by atoms with E-state index in [1.165, 1.54) is 11.1 Å². The molecule has 0 saturated carbocycles. The highest BCUT2D eigenvalue weighted by Crippen LogP contribution is 2.42. The molecule has 0 aliphatic carbocycles. The molecule has 0 aliphatic rings. The van der Waals surface area contributed by atoms with Crippen molar-refractivity contribution in [1.82, 2.24) is 0 Å². The van der Waals surface area contributed by atoms with Gasteiger partial charge in [-0.05, 0) is 90.0 Å². The largest absolute Gasteiger partial charge is 0.456 e. The Labute approximate surface area is 301 Å². The van der Waals surface area contributed by atoms with Gasteiger partial charge in [-0.15, -0.1) is 0 Å². The predicted octanol–water partition coefficient (Wildman–Crippen LogP) is 14.1. The Bertz CT molecular complexity index is 2840. The SMILES string of the molecule is c1ccc(-c2ccc(N(c3ccccc3)c3ccc4c(c3)oc3cc(N(c5ccccc5)c5ccc6c(c5)oc5ccccc56)ccc34)cc2)cc1. The molecule has 0 aliphatic heterocycles. The minimum absolute atomic E-state index is 0.828. The number of benzene rings is 8. The van der Waals surface area contributed by atoms with Crippen LogP contribution in [0.1, 0.15) is 0 Å². The number of nitrogens with zero attached hydrogens (tertiary/aromatic N) is 2. The minimum atomic E-state index is 0.828. The number of para-hydroxylation sites is 3. The van der Waals surface area contributed by atoms with Crippen LogP contribution in [0.4, 0.5) is 34.1 Å². The summed E-state index contributed by atoms with van der Waals surface area (Å²) in [5.41, 5.74) is 12.0. The van der Waals surface area contributed by atoms with Crippen LogP contribution in [0.3, 0.4) is 0 Å². The smallest absolute Gasteiger partial charge is 0.137 e. The molecule has 0 fully saturated rings. The third kappa shape index (κ3) is 5.17. The Morgan fingerprint density at radius 1 is 0.250 bits per heavy atom. The van der Waals surface area contributed by atoms with Crippen LogP contribution < -0.4 is 9.80 Å². The van der Waals surface area contributed by atoms with Crippen LogP contribution >= 0.6 is 0 Å². The van der Waals surface area contributed by atoms with Crippen LogP contribution in [0.15, 0.2) is 203 Å². The summed E-state index contributed by atoms with van der Waals surface area (Å²) < 4.78 is 13.0. The Morgan fingerprint density at radius 2 is 0.596 bits per heavy atom. The standard InChI is InChI=1S/C48H32N2O2/c1-4-12-33(13-5-1)34-20-22-37(23-21-34)49(35-14-6-2-7-15-35)38-24-28-43-44-29-26-40(32-48(44)52-47(43)30-38)50(36-16-8-3-9-17-36)39-25-27-42-41-18-10-11-19-45(41)51-46(42)31-39/h1-32H. The molecule has 52 heavy (non-hydrogen) atoms. The van der Waals surface area contributed by atoms with Crippen molar-refractivity contribution < 1.29 is 8.83 Å². The monoisotopic (exact) mass is 668 g/mol. The summed E-state index contributed by atoms with van der Waals surface area (Å²) in [7, 11) is 0. The fourth-order valence-corrected chi connectivity index (χ4v) is 7.37. The topological polar surface area (TPSA) is 32.8 Å². The van der Waals surface area contributed by atoms with Crippen molar-refractivity contribution in [2.75, 3.05) is 9.80 Å². The molecular weight excluding hydrogens is 637 g/mol. The van der Waals surface area contributed by atoms with E-state index in [4.69, 9.17) is 8.83 Å². The zero-order chi connectivity index (χ0) is 34.4. The summed E-state index contributed by atoms with van der Waals surface area (Å²) in [6.07, 6.45) is 0. The summed E-state index contributed by atoms with van der Waals surface area (Å²) in [6.45, 7) is 0. The quantitative estimate of drug-likeness (QED) is 0.169. The van der Waals surface area contributed by atoms with Gasteiger partial charge < -0.3 is 18.6 Å². The second-order valence-corrected chi connectivity index (χ2v) is 13.0. The molecule has 0 atom stereocenters. The maximum absolute atomic E-state index is 6.69. The Hall–Kier alpha value is -7.04. The highest BCUT2D eigenvalue weighted by molar-refractivity contribution is 6.08. The van der Waals surface area contributed by atoms with Gasteiger partial charge in [0.15, 0.2) is 0 Å². The molecule has 0 bridgehead atoms. The van der Waals surface area contributed by atoms with Gasteiger partial charge in [0.1, 0.15) is 22.3 Å². The van der Waals surface area contributed by atoms with Crippen molar-refractivity contribution in [3.63, 3.8) is 0 Å². The van der Waals surface area contributed by atoms with E-state index in [-0.39, 0.29) is 0 Å². The summed E-state index contributed by atoms with van der Waals surface area (Å²) in [6, 6.07) is 67.8. The first-order chi connectivity index (χ1) is 25.8. The van der Waals surface area contributed by atoms with Gasteiger partial charge in [-0.2, -0.15) is 0 Å². The fraction of sp³-hybridized carbons (Fsp3) is 0. The highest BCUT2D eigenvalue weighted by atomic mass is 16.3. The highest BCUT2D eigenvalue weighted by Gasteiger charge is 2.19. The molecule has 0 amide bonds. The van der Waals surface area contributed by atoms with Gasteiger partial charge >= 0.3 is 0 Å². The summed E-state index contributed by atoms with van der Waals surface area (Å²) >= 11 is 0. The van der Waals surface area contributed by atoms with E-state index in [2.05, 4.69) is 174 Å². The van der Waals surface area contributed by atoms with Gasteiger partial charge in [0.2, 0.25) is 0 Å². The average Bonchev–Trinajstić information content (AvgIpc) is 3.77. The Kier molecular flexibility index (Phi) is 7.10. The Morgan fingerprint density at radius 3 is 1.12 bits per heavy atom. The Balaban J connectivity index is 1.06. The van der Waals surface area contributed by atoms with Gasteiger partial charge in [0.05, 0.1) is 0 Å². The zero-order valence-electron chi connectivity index (χ0n) is 28.2. The van der Waals surface area contributed by atoms with E-state index < -0.39 is 0 Å². The normalized spacial score (nSPS) is 11.5. The number of fused-ring (bicyclic) bond motifs is 6. The van der Waals surface area contributed by atoms with Crippen LogP contribution in [-0.2, 0) is 0 Å².